The molecule has 1 fully saturated rings. The van der Waals surface area contributed by atoms with Crippen LogP contribution in [0, 0.1) is 0 Å². The summed E-state index contributed by atoms with van der Waals surface area (Å²) in [5.41, 5.74) is 5.14. The van der Waals surface area contributed by atoms with Crippen molar-refractivity contribution in [2.24, 2.45) is 0 Å². The fourth-order valence-electron chi connectivity index (χ4n) is 5.45. The van der Waals surface area contributed by atoms with E-state index < -0.39 is 10.0 Å². The lowest BCUT2D eigenvalue weighted by Gasteiger charge is -2.38. The molecule has 0 radical (unpaired) electrons. The first-order valence-corrected chi connectivity index (χ1v) is 15.4. The smallest absolute Gasteiger partial charge is 0.240 e. The SMILES string of the molecule is COc1ccc(CNS(=O)(=O)c2ccc(CC(=O)N3CCc4c(OC)ccc(N5CCN(C)CC5)c4C3)cc2)cc1. The summed E-state index contributed by atoms with van der Waals surface area (Å²) in [7, 11) is 1.73. The summed E-state index contributed by atoms with van der Waals surface area (Å²) in [5.74, 6) is 1.61. The molecule has 0 aromatic heterocycles. The fourth-order valence-corrected chi connectivity index (χ4v) is 6.47. The summed E-state index contributed by atoms with van der Waals surface area (Å²) in [6, 6.07) is 17.9. The number of likely N-dealkylation sites (N-methyl/N-ethyl adjacent to an activating group) is 1. The Morgan fingerprint density at radius 2 is 1.51 bits per heavy atom. The van der Waals surface area contributed by atoms with E-state index in [-0.39, 0.29) is 23.8 Å². The van der Waals surface area contributed by atoms with Crippen molar-refractivity contribution in [1.29, 1.82) is 0 Å². The second-order valence-corrected chi connectivity index (χ2v) is 12.4. The number of amides is 1. The van der Waals surface area contributed by atoms with Crippen molar-refractivity contribution in [2.75, 3.05) is 58.9 Å². The molecule has 3 aromatic carbocycles. The van der Waals surface area contributed by atoms with Crippen LogP contribution in [0.4, 0.5) is 5.69 Å². The van der Waals surface area contributed by atoms with E-state index in [0.29, 0.717) is 18.8 Å². The Labute approximate surface area is 242 Å². The van der Waals surface area contributed by atoms with E-state index in [2.05, 4.69) is 27.6 Å². The molecule has 0 atom stereocenters. The van der Waals surface area contributed by atoms with Gasteiger partial charge in [-0.1, -0.05) is 24.3 Å². The van der Waals surface area contributed by atoms with Crippen LogP contribution < -0.4 is 19.1 Å². The first-order valence-electron chi connectivity index (χ1n) is 13.9. The van der Waals surface area contributed by atoms with E-state index >= 15 is 0 Å². The molecule has 0 saturated carbocycles. The van der Waals surface area contributed by atoms with Gasteiger partial charge in [0.15, 0.2) is 0 Å². The van der Waals surface area contributed by atoms with Gasteiger partial charge in [-0.3, -0.25) is 4.79 Å². The Balaban J connectivity index is 1.23. The Bertz CT molecular complexity index is 1470. The maximum atomic E-state index is 13.4. The largest absolute Gasteiger partial charge is 0.497 e. The van der Waals surface area contributed by atoms with Gasteiger partial charge < -0.3 is 24.2 Å². The molecule has 41 heavy (non-hydrogen) atoms. The van der Waals surface area contributed by atoms with Gasteiger partial charge in [0, 0.05) is 62.6 Å². The molecule has 218 valence electrons. The van der Waals surface area contributed by atoms with Gasteiger partial charge in [-0.2, -0.15) is 0 Å². The molecule has 2 aliphatic heterocycles. The minimum absolute atomic E-state index is 0.0241. The van der Waals surface area contributed by atoms with Crippen LogP contribution in [0.2, 0.25) is 0 Å². The van der Waals surface area contributed by atoms with E-state index in [1.165, 1.54) is 11.3 Å². The van der Waals surface area contributed by atoms with Gasteiger partial charge in [-0.15, -0.1) is 0 Å². The summed E-state index contributed by atoms with van der Waals surface area (Å²) in [5, 5.41) is 0. The molecule has 0 spiro atoms. The molecule has 1 amide bonds. The van der Waals surface area contributed by atoms with Gasteiger partial charge in [0.2, 0.25) is 15.9 Å². The van der Waals surface area contributed by atoms with Crippen LogP contribution >= 0.6 is 0 Å². The third-order valence-electron chi connectivity index (χ3n) is 7.98. The Hall–Kier alpha value is -3.60. The average molecular weight is 579 g/mol. The number of fused-ring (bicyclic) bond motifs is 1. The lowest BCUT2D eigenvalue weighted by atomic mass is 9.95. The highest BCUT2D eigenvalue weighted by atomic mass is 32.2. The second-order valence-electron chi connectivity index (χ2n) is 10.6. The van der Waals surface area contributed by atoms with Crippen LogP contribution in [0.15, 0.2) is 65.6 Å². The molecule has 10 heteroatoms. The maximum Gasteiger partial charge on any atom is 0.240 e. The standard InChI is InChI=1S/C31H38N4O5S/c1-33-16-18-34(19-17-33)29-12-13-30(40-3)27-14-15-35(22-28(27)29)31(36)20-23-6-10-26(11-7-23)41(37,38)32-21-24-4-8-25(39-2)9-5-24/h4-13,32H,14-22H2,1-3H3. The van der Waals surface area contributed by atoms with Crippen molar-refractivity contribution in [3.05, 3.63) is 82.9 Å². The average Bonchev–Trinajstić information content (AvgIpc) is 3.00. The number of piperazine rings is 1. The van der Waals surface area contributed by atoms with Crippen molar-refractivity contribution < 1.29 is 22.7 Å². The van der Waals surface area contributed by atoms with E-state index in [1.54, 1.807) is 50.6 Å². The second kappa shape index (κ2) is 12.5. The molecule has 0 unspecified atom stereocenters. The van der Waals surface area contributed by atoms with Crippen molar-refractivity contribution in [2.45, 2.75) is 30.8 Å². The van der Waals surface area contributed by atoms with Crippen molar-refractivity contribution >= 4 is 21.6 Å². The zero-order chi connectivity index (χ0) is 29.0. The van der Waals surface area contributed by atoms with Crippen LogP contribution in [-0.4, -0.2) is 78.1 Å². The molecule has 3 aromatic rings. The zero-order valence-electron chi connectivity index (χ0n) is 23.9. The molecule has 0 bridgehead atoms. The van der Waals surface area contributed by atoms with Gasteiger partial charge >= 0.3 is 0 Å². The number of methoxy groups -OCH3 is 2. The lowest BCUT2D eigenvalue weighted by molar-refractivity contribution is -0.131. The number of carbonyl (C=O) groups excluding carboxylic acids is 1. The van der Waals surface area contributed by atoms with E-state index in [1.807, 2.05) is 23.1 Å². The highest BCUT2D eigenvalue weighted by Gasteiger charge is 2.28. The van der Waals surface area contributed by atoms with Crippen LogP contribution in [0.3, 0.4) is 0 Å². The van der Waals surface area contributed by atoms with Crippen LogP contribution in [0.5, 0.6) is 11.5 Å². The van der Waals surface area contributed by atoms with Crippen LogP contribution in [-0.2, 0) is 40.7 Å². The fraction of sp³-hybridized carbons (Fsp3) is 0.387. The third-order valence-corrected chi connectivity index (χ3v) is 9.39. The summed E-state index contributed by atoms with van der Waals surface area (Å²) in [6.07, 6.45) is 0.950. The minimum atomic E-state index is -3.70. The molecule has 9 nitrogen and oxygen atoms in total. The number of nitrogens with zero attached hydrogens (tertiary/aromatic N) is 3. The number of hydrogen-bond acceptors (Lipinski definition) is 7. The van der Waals surface area contributed by atoms with Gasteiger partial charge in [0.1, 0.15) is 11.5 Å². The molecule has 0 aliphatic carbocycles. The van der Waals surface area contributed by atoms with Gasteiger partial charge in [-0.25, -0.2) is 13.1 Å². The van der Waals surface area contributed by atoms with Gasteiger partial charge in [0.05, 0.1) is 25.5 Å². The number of benzene rings is 3. The van der Waals surface area contributed by atoms with Crippen molar-refractivity contribution in [3.8, 4) is 11.5 Å². The highest BCUT2D eigenvalue weighted by Crippen LogP contribution is 2.36. The predicted octanol–water partition coefficient (Wildman–Crippen LogP) is 3.06. The Morgan fingerprint density at radius 1 is 0.829 bits per heavy atom. The number of anilines is 1. The first-order chi connectivity index (χ1) is 19.8. The summed E-state index contributed by atoms with van der Waals surface area (Å²) < 4.78 is 39.1. The van der Waals surface area contributed by atoms with Crippen LogP contribution in [0.25, 0.3) is 0 Å². The predicted molar refractivity (Wildman–Crippen MR) is 159 cm³/mol. The van der Waals surface area contributed by atoms with Gasteiger partial charge in [0.25, 0.3) is 0 Å². The van der Waals surface area contributed by atoms with Crippen molar-refractivity contribution in [3.63, 3.8) is 0 Å². The number of rotatable bonds is 9. The zero-order valence-corrected chi connectivity index (χ0v) is 24.7. The molecular formula is C31H38N4O5S. The number of hydrogen-bond donors (Lipinski definition) is 1. The first kappa shape index (κ1) is 28.9. The quantitative estimate of drug-likeness (QED) is 0.417. The molecule has 1 N–H and O–H groups in total. The maximum absolute atomic E-state index is 13.4. The van der Waals surface area contributed by atoms with Crippen molar-refractivity contribution in [1.82, 2.24) is 14.5 Å². The summed E-state index contributed by atoms with van der Waals surface area (Å²) in [6.45, 7) is 5.24. The molecule has 5 rings (SSSR count). The number of sulfonamides is 1. The van der Waals surface area contributed by atoms with Gasteiger partial charge in [-0.05, 0) is 61.0 Å². The minimum Gasteiger partial charge on any atom is -0.497 e. The number of carbonyl (C=O) groups is 1. The molecule has 2 heterocycles. The monoisotopic (exact) mass is 578 g/mol. The topological polar surface area (TPSA) is 91.4 Å². The number of ether oxygens (including phenoxy) is 2. The van der Waals surface area contributed by atoms with E-state index in [0.717, 1.165) is 55.0 Å². The Morgan fingerprint density at radius 3 is 2.17 bits per heavy atom. The number of nitrogens with one attached hydrogen (secondary N) is 1. The summed E-state index contributed by atoms with van der Waals surface area (Å²) >= 11 is 0. The van der Waals surface area contributed by atoms with E-state index in [9.17, 15) is 13.2 Å². The Kier molecular flexibility index (Phi) is 8.82. The van der Waals surface area contributed by atoms with Crippen LogP contribution in [0.1, 0.15) is 22.3 Å². The summed E-state index contributed by atoms with van der Waals surface area (Å²) in [4.78, 5) is 20.2. The molecule has 1 saturated heterocycles. The molecule has 2 aliphatic rings. The third kappa shape index (κ3) is 6.66. The highest BCUT2D eigenvalue weighted by molar-refractivity contribution is 7.89. The normalized spacial score (nSPS) is 15.9. The lowest BCUT2D eigenvalue weighted by Crippen LogP contribution is -2.45. The van der Waals surface area contributed by atoms with E-state index in [4.69, 9.17) is 9.47 Å². The molecular weight excluding hydrogens is 540 g/mol.